The average Bonchev–Trinajstić information content (AvgIpc) is 3.46. The molecule has 0 aliphatic carbocycles. The molecule has 2 amide bonds. The summed E-state index contributed by atoms with van der Waals surface area (Å²) >= 11 is 1.65. The number of amides is 2. The molecule has 8 heteroatoms. The average molecular weight is 498 g/mol. The number of nitrogens with one attached hydrogen (secondary N) is 1. The third-order valence-electron chi connectivity index (χ3n) is 6.46. The maximum Gasteiger partial charge on any atom is 0.270 e. The Balaban J connectivity index is 1.33. The minimum absolute atomic E-state index is 0.0188. The molecule has 0 bridgehead atoms. The van der Waals surface area contributed by atoms with Gasteiger partial charge in [0.1, 0.15) is 5.69 Å². The number of ether oxygens (including phenoxy) is 2. The molecule has 1 unspecified atom stereocenters. The third-order valence-corrected chi connectivity index (χ3v) is 7.31. The van der Waals surface area contributed by atoms with E-state index in [1.165, 1.54) is 0 Å². The Bertz CT molecular complexity index is 1170. The fraction of sp³-hybridized carbons (Fsp3) is 0.481. The highest BCUT2D eigenvalue weighted by atomic mass is 32.1. The maximum absolute atomic E-state index is 13.3. The highest BCUT2D eigenvalue weighted by Gasteiger charge is 2.30. The number of thiophene rings is 1. The van der Waals surface area contributed by atoms with Crippen LogP contribution in [0.25, 0.3) is 10.2 Å². The van der Waals surface area contributed by atoms with Crippen LogP contribution < -0.4 is 14.8 Å². The number of hydrogen-bond donors (Lipinski definition) is 1. The monoisotopic (exact) mass is 497 g/mol. The van der Waals surface area contributed by atoms with Gasteiger partial charge in [-0.25, -0.2) is 0 Å². The van der Waals surface area contributed by atoms with E-state index in [1.54, 1.807) is 11.3 Å². The van der Waals surface area contributed by atoms with Crippen LogP contribution in [0.15, 0.2) is 35.7 Å². The van der Waals surface area contributed by atoms with Gasteiger partial charge in [-0.3, -0.25) is 9.59 Å². The highest BCUT2D eigenvalue weighted by Crippen LogP contribution is 2.29. The van der Waals surface area contributed by atoms with Crippen LogP contribution in [0.4, 0.5) is 0 Å². The van der Waals surface area contributed by atoms with E-state index in [9.17, 15) is 9.59 Å². The van der Waals surface area contributed by atoms with Crippen LogP contribution in [-0.4, -0.2) is 54.1 Å². The number of piperidine rings is 1. The quantitative estimate of drug-likeness (QED) is 0.440. The number of likely N-dealkylation sites (tertiary alicyclic amines) is 1. The summed E-state index contributed by atoms with van der Waals surface area (Å²) in [6, 6.07) is 9.97. The molecule has 3 heterocycles. The van der Waals surface area contributed by atoms with Crippen molar-refractivity contribution in [2.45, 2.75) is 46.6 Å². The summed E-state index contributed by atoms with van der Waals surface area (Å²) in [6.45, 7) is 9.54. The molecule has 1 aliphatic heterocycles. The van der Waals surface area contributed by atoms with Crippen molar-refractivity contribution < 1.29 is 19.1 Å². The van der Waals surface area contributed by atoms with Gasteiger partial charge in [-0.05, 0) is 75.2 Å². The predicted molar refractivity (Wildman–Crippen MR) is 140 cm³/mol. The third kappa shape index (κ3) is 5.64. The number of hydrogen-bond acceptors (Lipinski definition) is 5. The van der Waals surface area contributed by atoms with Crippen molar-refractivity contribution in [1.82, 2.24) is 14.8 Å². The first-order chi connectivity index (χ1) is 17.0. The van der Waals surface area contributed by atoms with Crippen molar-refractivity contribution in [3.8, 4) is 11.5 Å². The lowest BCUT2D eigenvalue weighted by Gasteiger charge is -2.32. The van der Waals surface area contributed by atoms with E-state index in [1.807, 2.05) is 43.0 Å². The van der Waals surface area contributed by atoms with E-state index in [-0.39, 0.29) is 17.7 Å². The zero-order chi connectivity index (χ0) is 24.8. The number of nitrogens with zero attached hydrogens (tertiary/aromatic N) is 2. The molecule has 1 N–H and O–H groups in total. The molecule has 7 nitrogen and oxygen atoms in total. The van der Waals surface area contributed by atoms with E-state index in [0.717, 1.165) is 52.4 Å². The lowest BCUT2D eigenvalue weighted by molar-refractivity contribution is -0.126. The molecule has 1 aromatic carbocycles. The number of benzene rings is 1. The van der Waals surface area contributed by atoms with Gasteiger partial charge >= 0.3 is 0 Å². The number of aryl methyl sites for hydroxylation is 1. The number of carbonyl (C=O) groups excluding carboxylic acids is 2. The van der Waals surface area contributed by atoms with Crippen molar-refractivity contribution >= 4 is 33.4 Å². The topological polar surface area (TPSA) is 72.8 Å². The first-order valence-corrected chi connectivity index (χ1v) is 13.5. The lowest BCUT2D eigenvalue weighted by atomic mass is 9.96. The SMILES string of the molecule is CCOc1ccc(CCNC(=O)C2CCCN(C(=O)c3cc4sccc4n3CC)C2)cc1OCC. The molecular weight excluding hydrogens is 462 g/mol. The Morgan fingerprint density at radius 2 is 1.89 bits per heavy atom. The number of aromatic nitrogens is 1. The van der Waals surface area contributed by atoms with Gasteiger partial charge in [0, 0.05) is 26.2 Å². The number of carbonyl (C=O) groups is 2. The van der Waals surface area contributed by atoms with Gasteiger partial charge in [-0.1, -0.05) is 6.07 Å². The van der Waals surface area contributed by atoms with Crippen molar-refractivity contribution in [2.24, 2.45) is 5.92 Å². The van der Waals surface area contributed by atoms with Gasteiger partial charge in [0.05, 0.1) is 29.3 Å². The van der Waals surface area contributed by atoms with E-state index in [4.69, 9.17) is 9.47 Å². The summed E-state index contributed by atoms with van der Waals surface area (Å²) in [5.41, 5.74) is 2.91. The number of fused-ring (bicyclic) bond motifs is 1. The van der Waals surface area contributed by atoms with E-state index in [2.05, 4.69) is 28.3 Å². The minimum atomic E-state index is -0.182. The lowest BCUT2D eigenvalue weighted by Crippen LogP contribution is -2.46. The van der Waals surface area contributed by atoms with Crippen LogP contribution in [0, 0.1) is 5.92 Å². The molecule has 1 fully saturated rings. The molecular formula is C27H35N3O4S. The summed E-state index contributed by atoms with van der Waals surface area (Å²) in [5, 5.41) is 5.13. The summed E-state index contributed by atoms with van der Waals surface area (Å²) < 4.78 is 14.5. The maximum atomic E-state index is 13.3. The zero-order valence-electron chi connectivity index (χ0n) is 20.8. The van der Waals surface area contributed by atoms with Crippen molar-refractivity contribution in [3.63, 3.8) is 0 Å². The molecule has 2 aromatic heterocycles. The Labute approximate surface area is 211 Å². The molecule has 4 rings (SSSR count). The summed E-state index contributed by atoms with van der Waals surface area (Å²) in [5.74, 6) is 1.33. The first-order valence-electron chi connectivity index (χ1n) is 12.6. The molecule has 3 aromatic rings. The smallest absolute Gasteiger partial charge is 0.270 e. The second-order valence-corrected chi connectivity index (χ2v) is 9.67. The predicted octanol–water partition coefficient (Wildman–Crippen LogP) is 4.73. The molecule has 35 heavy (non-hydrogen) atoms. The molecule has 1 saturated heterocycles. The fourth-order valence-corrected chi connectivity index (χ4v) is 5.58. The second kappa shape index (κ2) is 11.6. The van der Waals surface area contributed by atoms with Crippen LogP contribution in [-0.2, 0) is 17.8 Å². The molecule has 0 spiro atoms. The molecule has 188 valence electrons. The summed E-state index contributed by atoms with van der Waals surface area (Å²) in [4.78, 5) is 28.1. The van der Waals surface area contributed by atoms with Crippen LogP contribution in [0.1, 0.15) is 49.7 Å². The van der Waals surface area contributed by atoms with Gasteiger partial charge < -0.3 is 24.3 Å². The second-order valence-electron chi connectivity index (χ2n) is 8.72. The van der Waals surface area contributed by atoms with Crippen LogP contribution in [0.2, 0.25) is 0 Å². The van der Waals surface area contributed by atoms with Crippen LogP contribution >= 0.6 is 11.3 Å². The minimum Gasteiger partial charge on any atom is -0.490 e. The molecule has 1 atom stereocenters. The molecule has 0 radical (unpaired) electrons. The van der Waals surface area contributed by atoms with Crippen LogP contribution in [0.5, 0.6) is 11.5 Å². The van der Waals surface area contributed by atoms with Gasteiger partial charge in [0.25, 0.3) is 5.91 Å². The van der Waals surface area contributed by atoms with Crippen molar-refractivity contribution in [2.75, 3.05) is 32.8 Å². The summed E-state index contributed by atoms with van der Waals surface area (Å²) in [7, 11) is 0. The normalized spacial score (nSPS) is 15.9. The van der Waals surface area contributed by atoms with Crippen molar-refractivity contribution in [3.05, 3.63) is 47.0 Å². The van der Waals surface area contributed by atoms with Crippen molar-refractivity contribution in [1.29, 1.82) is 0 Å². The number of rotatable bonds is 10. The van der Waals surface area contributed by atoms with Gasteiger partial charge in [0.15, 0.2) is 11.5 Å². The van der Waals surface area contributed by atoms with Gasteiger partial charge in [0.2, 0.25) is 5.91 Å². The standard InChI is InChI=1S/C27H35N3O4S/c1-4-30-21-12-15-35-25(21)17-22(30)27(32)29-14-7-8-20(18-29)26(31)28-13-11-19-9-10-23(33-5-2)24(16-19)34-6-3/h9-10,12,15-17,20H,4-8,11,13-14,18H2,1-3H3,(H,28,31). The Morgan fingerprint density at radius 3 is 2.66 bits per heavy atom. The Kier molecular flexibility index (Phi) is 8.33. The first kappa shape index (κ1) is 25.1. The van der Waals surface area contributed by atoms with E-state index < -0.39 is 0 Å². The highest BCUT2D eigenvalue weighted by molar-refractivity contribution is 7.17. The molecule has 1 aliphatic rings. The van der Waals surface area contributed by atoms with Gasteiger partial charge in [-0.15, -0.1) is 11.3 Å². The fourth-order valence-electron chi connectivity index (χ4n) is 4.76. The van der Waals surface area contributed by atoms with E-state index >= 15 is 0 Å². The Hall–Kier alpha value is -3.00. The largest absolute Gasteiger partial charge is 0.490 e. The molecule has 0 saturated carbocycles. The Morgan fingerprint density at radius 1 is 1.09 bits per heavy atom. The summed E-state index contributed by atoms with van der Waals surface area (Å²) in [6.07, 6.45) is 2.34. The van der Waals surface area contributed by atoms with Crippen LogP contribution in [0.3, 0.4) is 0 Å². The van der Waals surface area contributed by atoms with Gasteiger partial charge in [-0.2, -0.15) is 0 Å². The zero-order valence-corrected chi connectivity index (χ0v) is 21.7. The van der Waals surface area contributed by atoms with E-state index in [0.29, 0.717) is 39.3 Å².